The number of hydrogen-bond donors (Lipinski definition) is 2. The lowest BCUT2D eigenvalue weighted by atomic mass is 9.81. The smallest absolute Gasteiger partial charge is 0.251 e. The summed E-state index contributed by atoms with van der Waals surface area (Å²) in [5, 5.41) is 10.4. The Kier molecular flexibility index (Phi) is 6.59. The van der Waals surface area contributed by atoms with Crippen molar-refractivity contribution in [1.29, 1.82) is 0 Å². The standard InChI is InChI=1S/C24H25IN4O4/c1-13-6-5-7-16(10-13)23(30)26-21-20(15-8-9-17(33-12-25)18(11-15)32-4)19-14(2)28-29(3)22(19)27-24(21)31/h5-11,20-21H,12H2,1-4H3,(H,26,30)(H,27,31)/t20-,21+/m0/s1. The Morgan fingerprint density at radius 1 is 1.21 bits per heavy atom. The van der Waals surface area contributed by atoms with Gasteiger partial charge in [0.05, 0.1) is 12.8 Å². The molecule has 2 heterocycles. The largest absolute Gasteiger partial charge is 0.493 e. The SMILES string of the molecule is COc1cc([C@H]2c3c(C)nn(C)c3NC(=O)[C@@H]2NC(=O)c2cccc(C)c2)ccc1OCI. The molecule has 8 nitrogen and oxygen atoms in total. The van der Waals surface area contributed by atoms with Crippen LogP contribution in [0.2, 0.25) is 0 Å². The van der Waals surface area contributed by atoms with Crippen LogP contribution in [-0.4, -0.2) is 39.4 Å². The summed E-state index contributed by atoms with van der Waals surface area (Å²) in [5.74, 6) is 0.712. The highest BCUT2D eigenvalue weighted by Crippen LogP contribution is 2.41. The highest BCUT2D eigenvalue weighted by Gasteiger charge is 2.41. The van der Waals surface area contributed by atoms with Gasteiger partial charge in [-0.2, -0.15) is 5.10 Å². The van der Waals surface area contributed by atoms with Crippen LogP contribution in [0, 0.1) is 13.8 Å². The van der Waals surface area contributed by atoms with Gasteiger partial charge in [0.25, 0.3) is 5.91 Å². The Hall–Kier alpha value is -3.08. The van der Waals surface area contributed by atoms with Crippen molar-refractivity contribution in [3.05, 3.63) is 70.4 Å². The van der Waals surface area contributed by atoms with Crippen LogP contribution in [0.4, 0.5) is 5.82 Å². The van der Waals surface area contributed by atoms with Gasteiger partial charge in [-0.05, 0) is 66.3 Å². The number of carbonyl (C=O) groups is 2. The lowest BCUT2D eigenvalue weighted by Crippen LogP contribution is -2.50. The maximum absolute atomic E-state index is 13.2. The van der Waals surface area contributed by atoms with E-state index < -0.39 is 12.0 Å². The second kappa shape index (κ2) is 9.42. The molecule has 33 heavy (non-hydrogen) atoms. The van der Waals surface area contributed by atoms with Crippen molar-refractivity contribution < 1.29 is 19.1 Å². The molecule has 2 atom stereocenters. The number of amides is 2. The van der Waals surface area contributed by atoms with Gasteiger partial charge in [-0.15, -0.1) is 0 Å². The summed E-state index contributed by atoms with van der Waals surface area (Å²) in [4.78, 5) is 26.3. The molecule has 0 radical (unpaired) electrons. The minimum Gasteiger partial charge on any atom is -0.493 e. The fraction of sp³-hybridized carbons (Fsp3) is 0.292. The summed E-state index contributed by atoms with van der Waals surface area (Å²) >= 11 is 2.12. The molecule has 1 aliphatic heterocycles. The molecule has 0 spiro atoms. The second-order valence-corrected chi connectivity index (χ2v) is 8.55. The Labute approximate surface area is 205 Å². The first-order chi connectivity index (χ1) is 15.8. The van der Waals surface area contributed by atoms with Gasteiger partial charge in [-0.25, -0.2) is 0 Å². The highest BCUT2D eigenvalue weighted by molar-refractivity contribution is 14.1. The first-order valence-corrected chi connectivity index (χ1v) is 11.9. The van der Waals surface area contributed by atoms with Crippen molar-refractivity contribution >= 4 is 40.2 Å². The number of aryl methyl sites for hydroxylation is 3. The fourth-order valence-corrected chi connectivity index (χ4v) is 4.62. The predicted molar refractivity (Wildman–Crippen MR) is 133 cm³/mol. The van der Waals surface area contributed by atoms with E-state index in [1.807, 2.05) is 44.2 Å². The molecule has 0 bridgehead atoms. The van der Waals surface area contributed by atoms with Gasteiger partial charge in [0.2, 0.25) is 5.91 Å². The molecule has 2 aromatic carbocycles. The molecule has 0 aliphatic carbocycles. The number of anilines is 1. The summed E-state index contributed by atoms with van der Waals surface area (Å²) in [6, 6.07) is 12.0. The molecular formula is C24H25IN4O4. The van der Waals surface area contributed by atoms with Crippen LogP contribution >= 0.6 is 22.6 Å². The van der Waals surface area contributed by atoms with E-state index in [0.29, 0.717) is 27.5 Å². The maximum atomic E-state index is 13.2. The molecule has 0 saturated carbocycles. The molecule has 0 saturated heterocycles. The Bertz CT molecular complexity index is 1220. The zero-order valence-electron chi connectivity index (χ0n) is 18.8. The molecule has 3 aromatic rings. The average molecular weight is 560 g/mol. The lowest BCUT2D eigenvalue weighted by Gasteiger charge is -2.33. The molecule has 1 aromatic heterocycles. The second-order valence-electron chi connectivity index (χ2n) is 7.92. The zero-order valence-corrected chi connectivity index (χ0v) is 21.0. The zero-order chi connectivity index (χ0) is 23.7. The van der Waals surface area contributed by atoms with Gasteiger partial charge in [-0.3, -0.25) is 14.3 Å². The van der Waals surface area contributed by atoms with Crippen molar-refractivity contribution in [3.63, 3.8) is 0 Å². The Balaban J connectivity index is 1.80. The number of rotatable bonds is 6. The van der Waals surface area contributed by atoms with E-state index in [1.165, 1.54) is 0 Å². The van der Waals surface area contributed by atoms with Gasteiger partial charge in [0.15, 0.2) is 11.5 Å². The van der Waals surface area contributed by atoms with E-state index >= 15 is 0 Å². The molecule has 2 N–H and O–H groups in total. The van der Waals surface area contributed by atoms with Crippen molar-refractivity contribution in [3.8, 4) is 11.5 Å². The number of nitrogens with one attached hydrogen (secondary N) is 2. The number of halogens is 1. The number of aromatic nitrogens is 2. The molecule has 0 fully saturated rings. The summed E-state index contributed by atoms with van der Waals surface area (Å²) < 4.78 is 13.3. The van der Waals surface area contributed by atoms with Gasteiger partial charge in [0.1, 0.15) is 16.5 Å². The quantitative estimate of drug-likeness (QED) is 0.355. The summed E-state index contributed by atoms with van der Waals surface area (Å²) in [7, 11) is 3.36. The lowest BCUT2D eigenvalue weighted by molar-refractivity contribution is -0.118. The molecule has 172 valence electrons. The van der Waals surface area contributed by atoms with Gasteiger partial charge < -0.3 is 20.1 Å². The number of nitrogens with zero attached hydrogens (tertiary/aromatic N) is 2. The molecule has 0 unspecified atom stereocenters. The monoisotopic (exact) mass is 560 g/mol. The van der Waals surface area contributed by atoms with Gasteiger partial charge >= 0.3 is 0 Å². The normalized spacial score (nSPS) is 17.2. The summed E-state index contributed by atoms with van der Waals surface area (Å²) in [6.07, 6.45) is 0. The number of carbonyl (C=O) groups excluding carboxylic acids is 2. The fourth-order valence-electron chi connectivity index (χ4n) is 4.28. The van der Waals surface area contributed by atoms with E-state index in [2.05, 4.69) is 38.3 Å². The number of hydrogen-bond acceptors (Lipinski definition) is 5. The summed E-state index contributed by atoms with van der Waals surface area (Å²) in [6.45, 7) is 3.82. The number of fused-ring (bicyclic) bond motifs is 1. The topological polar surface area (TPSA) is 94.5 Å². The molecular weight excluding hydrogens is 535 g/mol. The van der Waals surface area contributed by atoms with Crippen molar-refractivity contribution in [1.82, 2.24) is 15.1 Å². The van der Waals surface area contributed by atoms with Gasteiger partial charge in [0, 0.05) is 24.1 Å². The average Bonchev–Trinajstić information content (AvgIpc) is 3.07. The Morgan fingerprint density at radius 3 is 2.70 bits per heavy atom. The van der Waals surface area contributed by atoms with Crippen LogP contribution in [-0.2, 0) is 11.8 Å². The first-order valence-electron chi connectivity index (χ1n) is 10.4. The van der Waals surface area contributed by atoms with Crippen LogP contribution < -0.4 is 20.1 Å². The van der Waals surface area contributed by atoms with Crippen molar-refractivity contribution in [2.24, 2.45) is 7.05 Å². The molecule has 9 heteroatoms. The summed E-state index contributed by atoms with van der Waals surface area (Å²) in [5.41, 5.74) is 3.91. The Morgan fingerprint density at radius 2 is 2.00 bits per heavy atom. The number of benzene rings is 2. The van der Waals surface area contributed by atoms with E-state index in [4.69, 9.17) is 9.47 Å². The first kappa shape index (κ1) is 23.1. The number of methoxy groups -OCH3 is 1. The van der Waals surface area contributed by atoms with Crippen molar-refractivity contribution in [2.75, 3.05) is 17.0 Å². The van der Waals surface area contributed by atoms with Gasteiger partial charge in [-0.1, -0.05) is 23.8 Å². The third-order valence-electron chi connectivity index (χ3n) is 5.76. The molecule has 1 aliphatic rings. The molecule has 4 rings (SSSR count). The third-order valence-corrected chi connectivity index (χ3v) is 6.07. The van der Waals surface area contributed by atoms with Crippen LogP contribution in [0.5, 0.6) is 11.5 Å². The van der Waals surface area contributed by atoms with E-state index in [1.54, 1.807) is 31.0 Å². The number of ether oxygens (including phenoxy) is 2. The maximum Gasteiger partial charge on any atom is 0.251 e. The minimum absolute atomic E-state index is 0.303. The van der Waals surface area contributed by atoms with Crippen LogP contribution in [0.3, 0.4) is 0 Å². The van der Waals surface area contributed by atoms with E-state index in [0.717, 1.165) is 22.4 Å². The number of alkyl halides is 1. The third kappa shape index (κ3) is 4.41. The minimum atomic E-state index is -0.838. The van der Waals surface area contributed by atoms with Crippen LogP contribution in [0.15, 0.2) is 42.5 Å². The molecule has 2 amide bonds. The predicted octanol–water partition coefficient (Wildman–Crippen LogP) is 3.70. The van der Waals surface area contributed by atoms with Crippen LogP contribution in [0.25, 0.3) is 0 Å². The van der Waals surface area contributed by atoms with Crippen molar-refractivity contribution in [2.45, 2.75) is 25.8 Å². The highest BCUT2D eigenvalue weighted by atomic mass is 127. The van der Waals surface area contributed by atoms with E-state index in [9.17, 15) is 9.59 Å². The van der Waals surface area contributed by atoms with Crippen LogP contribution in [0.1, 0.15) is 38.7 Å². The van der Waals surface area contributed by atoms with E-state index in [-0.39, 0.29) is 11.8 Å².